The Kier molecular flexibility index (Phi) is 13.5. The Bertz CT molecular complexity index is 1210. The van der Waals surface area contributed by atoms with Gasteiger partial charge in [0.05, 0.1) is 20.1 Å². The van der Waals surface area contributed by atoms with Gasteiger partial charge in [-0.25, -0.2) is 4.79 Å². The standard InChI is InChI=1S/C22H32Cl2N2O3.C11H13Cl2NO/c1-22(2,3)29-21(27)26-12-6-16(7-13-26)15-25-10-8-17(9-11-25)28-18-4-5-19(23)20(24)14-18;12-10-2-1-9(7-11(10)13)15-8-3-5-14-6-4-8/h4-5,14,16-17H,6-13,15H2,1-3H3;1-2,7-8,14H,3-6H2. The van der Waals surface area contributed by atoms with Gasteiger partial charge in [-0.3, -0.25) is 0 Å². The molecule has 244 valence electrons. The molecule has 0 radical (unpaired) electrons. The maximum Gasteiger partial charge on any atom is 0.410 e. The molecule has 3 aliphatic heterocycles. The second kappa shape index (κ2) is 16.8. The van der Waals surface area contributed by atoms with Crippen molar-refractivity contribution < 1.29 is 19.0 Å². The van der Waals surface area contributed by atoms with Crippen molar-refractivity contribution in [2.45, 2.75) is 77.1 Å². The first kappa shape index (κ1) is 35.2. The summed E-state index contributed by atoms with van der Waals surface area (Å²) in [5.41, 5.74) is -0.433. The van der Waals surface area contributed by atoms with Crippen LogP contribution in [0.3, 0.4) is 0 Å². The van der Waals surface area contributed by atoms with Gasteiger partial charge in [-0.15, -0.1) is 0 Å². The summed E-state index contributed by atoms with van der Waals surface area (Å²) in [4.78, 5) is 16.6. The molecule has 1 N–H and O–H groups in total. The molecular weight excluding hydrogens is 644 g/mol. The summed E-state index contributed by atoms with van der Waals surface area (Å²) in [6.45, 7) is 12.5. The van der Waals surface area contributed by atoms with Gasteiger partial charge >= 0.3 is 6.09 Å². The predicted molar refractivity (Wildman–Crippen MR) is 180 cm³/mol. The fourth-order valence-electron chi connectivity index (χ4n) is 5.60. The van der Waals surface area contributed by atoms with Gasteiger partial charge < -0.3 is 29.3 Å². The van der Waals surface area contributed by atoms with Crippen LogP contribution in [-0.2, 0) is 4.74 Å². The Balaban J connectivity index is 0.000000246. The fourth-order valence-corrected chi connectivity index (χ4v) is 6.17. The minimum Gasteiger partial charge on any atom is -0.490 e. The summed E-state index contributed by atoms with van der Waals surface area (Å²) in [5, 5.41) is 5.48. The molecule has 3 heterocycles. The molecular formula is C33H45Cl4N3O4. The topological polar surface area (TPSA) is 63.3 Å². The number of benzene rings is 2. The third-order valence-corrected chi connectivity index (χ3v) is 9.47. The van der Waals surface area contributed by atoms with Gasteiger partial charge in [-0.05, 0) is 103 Å². The van der Waals surface area contributed by atoms with Crippen molar-refractivity contribution in [3.63, 3.8) is 0 Å². The molecule has 5 rings (SSSR count). The van der Waals surface area contributed by atoms with E-state index in [9.17, 15) is 4.79 Å². The molecule has 0 saturated carbocycles. The molecule has 0 unspecified atom stereocenters. The Morgan fingerprint density at radius 2 is 1.25 bits per heavy atom. The molecule has 2 aromatic carbocycles. The number of piperidine rings is 3. The minimum absolute atomic E-state index is 0.184. The number of nitrogens with zero attached hydrogens (tertiary/aromatic N) is 2. The van der Waals surface area contributed by atoms with E-state index >= 15 is 0 Å². The first-order valence-electron chi connectivity index (χ1n) is 15.6. The number of nitrogens with one attached hydrogen (secondary N) is 1. The van der Waals surface area contributed by atoms with Crippen molar-refractivity contribution in [2.75, 3.05) is 45.8 Å². The molecule has 2 aromatic rings. The van der Waals surface area contributed by atoms with E-state index in [2.05, 4.69) is 10.2 Å². The lowest BCUT2D eigenvalue weighted by atomic mass is 9.95. The molecule has 0 bridgehead atoms. The van der Waals surface area contributed by atoms with Gasteiger partial charge in [-0.2, -0.15) is 0 Å². The SMILES string of the molecule is CC(C)(C)OC(=O)N1CCC(CN2CCC(Oc3ccc(Cl)c(Cl)c3)CC2)CC1.Clc1ccc(OC2CCNCC2)cc1Cl. The molecule has 0 atom stereocenters. The van der Waals surface area contributed by atoms with Crippen molar-refractivity contribution in [3.05, 3.63) is 56.5 Å². The number of amides is 1. The normalized spacial score (nSPS) is 19.2. The second-order valence-corrected chi connectivity index (χ2v) is 14.4. The molecule has 11 heteroatoms. The zero-order valence-corrected chi connectivity index (χ0v) is 29.0. The lowest BCUT2D eigenvalue weighted by molar-refractivity contribution is 0.0156. The van der Waals surface area contributed by atoms with Crippen LogP contribution < -0.4 is 14.8 Å². The number of ether oxygens (including phenoxy) is 3. The fraction of sp³-hybridized carbons (Fsp3) is 0.606. The van der Waals surface area contributed by atoms with Crippen LogP contribution in [0.5, 0.6) is 11.5 Å². The number of carbonyl (C=O) groups excluding carboxylic acids is 1. The maximum absolute atomic E-state index is 12.2. The third-order valence-electron chi connectivity index (χ3n) is 7.99. The number of carbonyl (C=O) groups is 1. The summed E-state index contributed by atoms with van der Waals surface area (Å²) >= 11 is 23.8. The predicted octanol–water partition coefficient (Wildman–Crippen LogP) is 8.61. The molecule has 3 saturated heterocycles. The molecule has 3 aliphatic rings. The third kappa shape index (κ3) is 11.6. The number of rotatable bonds is 6. The summed E-state index contributed by atoms with van der Waals surface area (Å²) < 4.78 is 17.4. The maximum atomic E-state index is 12.2. The number of halogens is 4. The van der Waals surface area contributed by atoms with Crippen molar-refractivity contribution in [1.29, 1.82) is 0 Å². The number of hydrogen-bond donors (Lipinski definition) is 1. The molecule has 0 spiro atoms. The van der Waals surface area contributed by atoms with Crippen molar-refractivity contribution >= 4 is 52.5 Å². The monoisotopic (exact) mass is 687 g/mol. The first-order chi connectivity index (χ1) is 20.9. The van der Waals surface area contributed by atoms with Gasteiger partial charge in [0.2, 0.25) is 0 Å². The highest BCUT2D eigenvalue weighted by molar-refractivity contribution is 6.42. The van der Waals surface area contributed by atoms with Crippen molar-refractivity contribution in [2.24, 2.45) is 5.92 Å². The van der Waals surface area contributed by atoms with Gasteiger partial charge in [0, 0.05) is 44.9 Å². The average molecular weight is 690 g/mol. The van der Waals surface area contributed by atoms with Gasteiger partial charge in [0.15, 0.2) is 0 Å². The van der Waals surface area contributed by atoms with Gasteiger partial charge in [0.1, 0.15) is 29.3 Å². The summed E-state index contributed by atoms with van der Waals surface area (Å²) in [6.07, 6.45) is 6.52. The second-order valence-electron chi connectivity index (χ2n) is 12.7. The summed E-state index contributed by atoms with van der Waals surface area (Å²) in [6, 6.07) is 10.8. The van der Waals surface area contributed by atoms with Crippen LogP contribution in [0.2, 0.25) is 20.1 Å². The zero-order chi connectivity index (χ0) is 31.7. The van der Waals surface area contributed by atoms with E-state index in [1.54, 1.807) is 24.3 Å². The van der Waals surface area contributed by atoms with Crippen LogP contribution in [0.1, 0.15) is 59.3 Å². The van der Waals surface area contributed by atoms with Gasteiger partial charge in [-0.1, -0.05) is 46.4 Å². The van der Waals surface area contributed by atoms with E-state index < -0.39 is 5.60 Å². The van der Waals surface area contributed by atoms with Crippen LogP contribution in [0.4, 0.5) is 4.79 Å². The molecule has 3 fully saturated rings. The first-order valence-corrected chi connectivity index (χ1v) is 17.1. The molecule has 44 heavy (non-hydrogen) atoms. The Morgan fingerprint density at radius 3 is 1.73 bits per heavy atom. The Hall–Kier alpha value is -1.61. The lowest BCUT2D eigenvalue weighted by Gasteiger charge is -2.38. The van der Waals surface area contributed by atoms with E-state index in [4.69, 9.17) is 60.6 Å². The highest BCUT2D eigenvalue weighted by atomic mass is 35.5. The lowest BCUT2D eigenvalue weighted by Crippen LogP contribution is -2.45. The average Bonchev–Trinajstić information content (AvgIpc) is 2.98. The van der Waals surface area contributed by atoms with Crippen LogP contribution in [-0.4, -0.2) is 79.5 Å². The molecule has 0 aromatic heterocycles. The van der Waals surface area contributed by atoms with E-state index in [1.807, 2.05) is 37.8 Å². The van der Waals surface area contributed by atoms with Crippen LogP contribution >= 0.6 is 46.4 Å². The quantitative estimate of drug-likeness (QED) is 0.328. The number of likely N-dealkylation sites (tertiary alicyclic amines) is 2. The summed E-state index contributed by atoms with van der Waals surface area (Å²) in [7, 11) is 0. The Morgan fingerprint density at radius 1 is 0.750 bits per heavy atom. The molecule has 7 nitrogen and oxygen atoms in total. The van der Waals surface area contributed by atoms with Crippen molar-refractivity contribution in [3.8, 4) is 11.5 Å². The van der Waals surface area contributed by atoms with Crippen LogP contribution in [0, 0.1) is 5.92 Å². The molecule has 0 aliphatic carbocycles. The zero-order valence-electron chi connectivity index (χ0n) is 25.9. The largest absolute Gasteiger partial charge is 0.490 e. The smallest absolute Gasteiger partial charge is 0.410 e. The number of hydrogen-bond acceptors (Lipinski definition) is 6. The highest BCUT2D eigenvalue weighted by Gasteiger charge is 2.29. The van der Waals surface area contributed by atoms with E-state index in [0.717, 1.165) is 95.8 Å². The van der Waals surface area contributed by atoms with E-state index in [-0.39, 0.29) is 12.2 Å². The minimum atomic E-state index is -0.433. The van der Waals surface area contributed by atoms with Crippen LogP contribution in [0.25, 0.3) is 0 Å². The molecule has 1 amide bonds. The van der Waals surface area contributed by atoms with E-state index in [0.29, 0.717) is 32.1 Å². The van der Waals surface area contributed by atoms with E-state index in [1.165, 1.54) is 0 Å². The van der Waals surface area contributed by atoms with Gasteiger partial charge in [0.25, 0.3) is 0 Å². The highest BCUT2D eigenvalue weighted by Crippen LogP contribution is 2.30. The van der Waals surface area contributed by atoms with Crippen LogP contribution in [0.15, 0.2) is 36.4 Å². The Labute approximate surface area is 282 Å². The van der Waals surface area contributed by atoms with Crippen molar-refractivity contribution in [1.82, 2.24) is 15.1 Å². The summed E-state index contributed by atoms with van der Waals surface area (Å²) in [5.74, 6) is 2.23.